The Morgan fingerprint density at radius 1 is 1.04 bits per heavy atom. The van der Waals surface area contributed by atoms with Crippen molar-refractivity contribution in [2.45, 2.75) is 58.3 Å². The van der Waals surface area contributed by atoms with Crippen LogP contribution in [0.4, 0.5) is 4.79 Å². The summed E-state index contributed by atoms with van der Waals surface area (Å²) in [6.07, 6.45) is 4.91. The number of hydrogen-bond donors (Lipinski definition) is 5. The minimum Gasteiger partial charge on any atom is -0.494 e. The summed E-state index contributed by atoms with van der Waals surface area (Å²) in [6.45, 7) is 2.09. The molecule has 0 atom stereocenters. The molecule has 0 saturated carbocycles. The average molecular weight is 395 g/mol. The van der Waals surface area contributed by atoms with Crippen molar-refractivity contribution in [3.05, 3.63) is 6.07 Å². The molecule has 1 fully saturated rings. The Morgan fingerprint density at radius 2 is 1.64 bits per heavy atom. The summed E-state index contributed by atoms with van der Waals surface area (Å²) in [5.74, 6) is -3.98. The second-order valence-corrected chi connectivity index (χ2v) is 6.86. The number of imide groups is 2. The molecule has 0 spiro atoms. The van der Waals surface area contributed by atoms with Gasteiger partial charge in [-0.2, -0.15) is 0 Å². The summed E-state index contributed by atoms with van der Waals surface area (Å²) < 4.78 is 4.95. The lowest BCUT2D eigenvalue weighted by Crippen LogP contribution is -2.63. The van der Waals surface area contributed by atoms with Gasteiger partial charge in [-0.3, -0.25) is 30.0 Å². The topological polar surface area (TPSA) is 158 Å². The van der Waals surface area contributed by atoms with E-state index in [1.807, 2.05) is 10.6 Å². The van der Waals surface area contributed by atoms with Crippen LogP contribution in [0.25, 0.3) is 0 Å². The molecule has 5 N–H and O–H groups in total. The van der Waals surface area contributed by atoms with Crippen LogP contribution in [0.2, 0.25) is 0 Å². The number of unbranched alkanes of at least 4 members (excludes halogenated alkanes) is 5. The van der Waals surface area contributed by atoms with E-state index in [1.54, 1.807) is 0 Å². The predicted molar refractivity (Wildman–Crippen MR) is 96.5 cm³/mol. The van der Waals surface area contributed by atoms with Gasteiger partial charge in [0.2, 0.25) is 17.7 Å². The molecule has 10 nitrogen and oxygen atoms in total. The number of aromatic nitrogens is 1. The zero-order valence-corrected chi connectivity index (χ0v) is 15.7. The third-order valence-corrected chi connectivity index (χ3v) is 4.70. The van der Waals surface area contributed by atoms with Crippen molar-refractivity contribution in [1.82, 2.24) is 15.6 Å². The molecule has 1 aromatic rings. The lowest BCUT2D eigenvalue weighted by molar-refractivity contribution is -0.152. The van der Waals surface area contributed by atoms with Crippen LogP contribution in [0.15, 0.2) is 6.07 Å². The van der Waals surface area contributed by atoms with Crippen molar-refractivity contribution in [1.29, 1.82) is 0 Å². The van der Waals surface area contributed by atoms with E-state index in [-0.39, 0.29) is 12.2 Å². The fraction of sp³-hybridized carbons (Fsp3) is 0.556. The van der Waals surface area contributed by atoms with Crippen molar-refractivity contribution in [2.75, 3.05) is 0 Å². The first-order valence-corrected chi connectivity index (χ1v) is 9.27. The number of urea groups is 1. The number of carbonyl (C=O) groups excluding carboxylic acids is 4. The number of aromatic amines is 1. The largest absolute Gasteiger partial charge is 0.494 e. The number of hydrogen-bond acceptors (Lipinski definition) is 7. The molecule has 1 saturated heterocycles. The van der Waals surface area contributed by atoms with Crippen LogP contribution in [-0.2, 0) is 14.4 Å². The van der Waals surface area contributed by atoms with Gasteiger partial charge in [-0.15, -0.1) is 0 Å². The van der Waals surface area contributed by atoms with E-state index in [1.165, 1.54) is 0 Å². The summed E-state index contributed by atoms with van der Waals surface area (Å²) >= 11 is 0. The molecule has 10 heteroatoms. The molecule has 0 aliphatic carbocycles. The Labute approximate surface area is 161 Å². The van der Waals surface area contributed by atoms with Gasteiger partial charge in [0.1, 0.15) is 5.41 Å². The van der Waals surface area contributed by atoms with Gasteiger partial charge in [-0.25, -0.2) is 4.79 Å². The minimum atomic E-state index is -1.77. The Bertz CT molecular complexity index is 736. The van der Waals surface area contributed by atoms with E-state index in [0.29, 0.717) is 6.42 Å². The first kappa shape index (κ1) is 21.3. The Kier molecular flexibility index (Phi) is 7.02. The van der Waals surface area contributed by atoms with Crippen LogP contribution in [0.5, 0.6) is 17.5 Å². The quantitative estimate of drug-likeness (QED) is 0.230. The first-order valence-electron chi connectivity index (χ1n) is 9.27. The van der Waals surface area contributed by atoms with Crippen LogP contribution in [0, 0.1) is 5.41 Å². The molecule has 0 radical (unpaired) electrons. The first-order chi connectivity index (χ1) is 13.3. The normalized spacial score (nSPS) is 15.8. The number of rotatable bonds is 10. The van der Waals surface area contributed by atoms with Gasteiger partial charge >= 0.3 is 12.0 Å². The monoisotopic (exact) mass is 395 g/mol. The SMILES string of the molecule is CCCCCCCCC1(CC(=O)Oc2cc(O)[nH]c2O)C(=O)NC(=O)NC1=O. The molecule has 2 rings (SSSR count). The van der Waals surface area contributed by atoms with E-state index < -0.39 is 47.4 Å². The molecule has 2 heterocycles. The Hall–Kier alpha value is -3.04. The minimum absolute atomic E-state index is 0.0730. The summed E-state index contributed by atoms with van der Waals surface area (Å²) in [6, 6.07) is 0.0492. The number of amides is 4. The summed E-state index contributed by atoms with van der Waals surface area (Å²) in [4.78, 5) is 50.8. The maximum absolute atomic E-state index is 12.5. The molecule has 28 heavy (non-hydrogen) atoms. The van der Waals surface area contributed by atoms with Gasteiger partial charge in [0.15, 0.2) is 11.6 Å². The fourth-order valence-corrected chi connectivity index (χ4v) is 3.16. The number of ether oxygens (including phenoxy) is 1. The maximum atomic E-state index is 12.5. The molecular formula is C18H25N3O7. The molecule has 1 aromatic heterocycles. The molecule has 4 amide bonds. The molecule has 0 bridgehead atoms. The van der Waals surface area contributed by atoms with E-state index in [2.05, 4.69) is 11.9 Å². The standard InChI is InChI=1S/C18H25N3O7/c1-2-3-4-5-6-7-8-18(15(25)20-17(27)21-16(18)26)10-13(23)28-11-9-12(22)19-14(11)24/h9,19,22,24H,2-8,10H2,1H3,(H2,20,21,25,26,27). The number of barbiturate groups is 1. The third-order valence-electron chi connectivity index (χ3n) is 4.70. The molecule has 1 aliphatic heterocycles. The number of aromatic hydroxyl groups is 2. The average Bonchev–Trinajstić information content (AvgIpc) is 2.92. The molecule has 154 valence electrons. The van der Waals surface area contributed by atoms with Crippen molar-refractivity contribution >= 4 is 23.8 Å². The summed E-state index contributed by atoms with van der Waals surface area (Å²) in [7, 11) is 0. The van der Waals surface area contributed by atoms with E-state index >= 15 is 0 Å². The number of esters is 1. The molecular weight excluding hydrogens is 370 g/mol. The highest BCUT2D eigenvalue weighted by Crippen LogP contribution is 2.35. The van der Waals surface area contributed by atoms with Crippen LogP contribution in [0.1, 0.15) is 58.3 Å². The summed E-state index contributed by atoms with van der Waals surface area (Å²) in [5.41, 5.74) is -1.77. The maximum Gasteiger partial charge on any atom is 0.328 e. The van der Waals surface area contributed by atoms with Crippen molar-refractivity contribution in [3.8, 4) is 17.5 Å². The van der Waals surface area contributed by atoms with E-state index in [9.17, 15) is 29.4 Å². The Balaban J connectivity index is 2.08. The zero-order valence-electron chi connectivity index (χ0n) is 15.7. The van der Waals surface area contributed by atoms with Gasteiger partial charge in [-0.05, 0) is 6.42 Å². The van der Waals surface area contributed by atoms with Crippen LogP contribution in [0.3, 0.4) is 0 Å². The smallest absolute Gasteiger partial charge is 0.328 e. The van der Waals surface area contributed by atoms with Gasteiger partial charge in [-0.1, -0.05) is 45.4 Å². The fourth-order valence-electron chi connectivity index (χ4n) is 3.16. The molecule has 0 aromatic carbocycles. The Morgan fingerprint density at radius 3 is 2.21 bits per heavy atom. The second-order valence-electron chi connectivity index (χ2n) is 6.86. The third kappa shape index (κ3) is 5.02. The highest BCUT2D eigenvalue weighted by Gasteiger charge is 2.51. The van der Waals surface area contributed by atoms with Gasteiger partial charge in [0.25, 0.3) is 0 Å². The highest BCUT2D eigenvalue weighted by atomic mass is 16.5. The van der Waals surface area contributed by atoms with E-state index in [0.717, 1.165) is 38.2 Å². The van der Waals surface area contributed by atoms with Crippen LogP contribution in [-0.4, -0.2) is 39.0 Å². The van der Waals surface area contributed by atoms with Crippen molar-refractivity contribution in [3.63, 3.8) is 0 Å². The molecule has 0 unspecified atom stereocenters. The lowest BCUT2D eigenvalue weighted by Gasteiger charge is -2.33. The van der Waals surface area contributed by atoms with Crippen LogP contribution < -0.4 is 15.4 Å². The zero-order chi connectivity index (χ0) is 20.7. The highest BCUT2D eigenvalue weighted by molar-refractivity contribution is 6.20. The predicted octanol–water partition coefficient (Wildman–Crippen LogP) is 1.82. The number of H-pyrrole nitrogens is 1. The van der Waals surface area contributed by atoms with E-state index in [4.69, 9.17) is 4.74 Å². The summed E-state index contributed by atoms with van der Waals surface area (Å²) in [5, 5.41) is 22.9. The van der Waals surface area contributed by atoms with Gasteiger partial charge < -0.3 is 14.9 Å². The van der Waals surface area contributed by atoms with Crippen LogP contribution >= 0.6 is 0 Å². The van der Waals surface area contributed by atoms with Crippen molar-refractivity contribution in [2.24, 2.45) is 5.41 Å². The van der Waals surface area contributed by atoms with Gasteiger partial charge in [0, 0.05) is 6.07 Å². The number of carbonyl (C=O) groups is 4. The number of nitrogens with one attached hydrogen (secondary N) is 3. The van der Waals surface area contributed by atoms with Crippen molar-refractivity contribution < 1.29 is 34.1 Å². The second kappa shape index (κ2) is 9.25. The van der Waals surface area contributed by atoms with Gasteiger partial charge in [0.05, 0.1) is 6.42 Å². The molecule has 1 aliphatic rings. The lowest BCUT2D eigenvalue weighted by atomic mass is 9.76.